The van der Waals surface area contributed by atoms with E-state index in [1.165, 1.54) is 20.8 Å². The number of hydrogen-bond donors (Lipinski definition) is 5. The second kappa shape index (κ2) is 15.9. The van der Waals surface area contributed by atoms with Crippen molar-refractivity contribution in [1.29, 1.82) is 0 Å². The molecule has 3 aliphatic rings. The molecule has 52 heavy (non-hydrogen) atoms. The van der Waals surface area contributed by atoms with E-state index in [0.717, 1.165) is 0 Å². The summed E-state index contributed by atoms with van der Waals surface area (Å²) in [4.78, 5) is 85.0. The monoisotopic (exact) mass is 729 g/mol. The molecular weight excluding hydrogens is 686 g/mol. The van der Waals surface area contributed by atoms with Gasteiger partial charge in [-0.2, -0.15) is 0 Å². The van der Waals surface area contributed by atoms with Crippen LogP contribution in [0.4, 0.5) is 10.5 Å². The Labute approximate surface area is 298 Å². The number of amides is 3. The van der Waals surface area contributed by atoms with Crippen molar-refractivity contribution in [2.75, 3.05) is 50.8 Å². The summed E-state index contributed by atoms with van der Waals surface area (Å²) in [5.74, 6) is -5.37. The second-order valence-corrected chi connectivity index (χ2v) is 12.9. The predicted molar refractivity (Wildman–Crippen MR) is 180 cm³/mol. The summed E-state index contributed by atoms with van der Waals surface area (Å²) in [6, 6.07) is 2.24. The lowest BCUT2D eigenvalue weighted by Gasteiger charge is -2.38. The SMILES string of the molecule is CCOC(=O)N1CCN(C(=O)C(CCC(=O)O)NC(=O)c2nc3cc(N4CC(O)CC4C(=O)O)ccc3c(OC3(C(=O)O)CCC3)c2OCC)CC1. The molecule has 282 valence electrons. The van der Waals surface area contributed by atoms with Crippen LogP contribution in [0.3, 0.4) is 0 Å². The first-order valence-electron chi connectivity index (χ1n) is 17.2. The molecule has 2 aromatic rings. The van der Waals surface area contributed by atoms with Gasteiger partial charge in [0.25, 0.3) is 5.91 Å². The van der Waals surface area contributed by atoms with Gasteiger partial charge in [-0.1, -0.05) is 0 Å². The van der Waals surface area contributed by atoms with Crippen LogP contribution in [-0.4, -0.2) is 141 Å². The summed E-state index contributed by atoms with van der Waals surface area (Å²) in [6.07, 6.45) is -1.26. The normalized spacial score (nSPS) is 20.1. The van der Waals surface area contributed by atoms with Gasteiger partial charge in [-0.15, -0.1) is 0 Å². The Bertz CT molecular complexity index is 1720. The number of benzene rings is 1. The van der Waals surface area contributed by atoms with Crippen LogP contribution in [0.1, 0.15) is 62.9 Å². The molecular formula is C34H43N5O13. The first-order chi connectivity index (χ1) is 24.8. The average Bonchev–Trinajstić information content (AvgIpc) is 3.50. The summed E-state index contributed by atoms with van der Waals surface area (Å²) in [7, 11) is 0. The summed E-state index contributed by atoms with van der Waals surface area (Å²) in [5, 5.41) is 42.5. The van der Waals surface area contributed by atoms with Gasteiger partial charge in [-0.3, -0.25) is 14.4 Å². The molecule has 1 aromatic carbocycles. The van der Waals surface area contributed by atoms with Crippen molar-refractivity contribution >= 4 is 52.4 Å². The van der Waals surface area contributed by atoms with E-state index in [4.69, 9.17) is 14.2 Å². The molecule has 1 saturated carbocycles. The number of fused-ring (bicyclic) bond motifs is 1. The zero-order valence-corrected chi connectivity index (χ0v) is 28.9. The lowest BCUT2D eigenvalue weighted by Crippen LogP contribution is -2.56. The molecule has 3 amide bonds. The average molecular weight is 730 g/mol. The summed E-state index contributed by atoms with van der Waals surface area (Å²) < 4.78 is 17.1. The highest BCUT2D eigenvalue weighted by Gasteiger charge is 2.48. The Kier molecular flexibility index (Phi) is 11.6. The van der Waals surface area contributed by atoms with Crippen molar-refractivity contribution in [3.8, 4) is 11.5 Å². The molecule has 18 heteroatoms. The third-order valence-corrected chi connectivity index (χ3v) is 9.50. The van der Waals surface area contributed by atoms with Gasteiger partial charge >= 0.3 is 24.0 Å². The molecule has 2 saturated heterocycles. The fraction of sp³-hybridized carbons (Fsp3) is 0.559. The fourth-order valence-corrected chi connectivity index (χ4v) is 6.60. The number of ether oxygens (including phenoxy) is 3. The molecule has 2 aliphatic heterocycles. The maximum absolute atomic E-state index is 14.2. The molecule has 18 nitrogen and oxygen atoms in total. The third kappa shape index (κ3) is 7.90. The maximum atomic E-state index is 14.2. The minimum atomic E-state index is -1.62. The lowest BCUT2D eigenvalue weighted by molar-refractivity contribution is -0.163. The van der Waals surface area contributed by atoms with Gasteiger partial charge in [-0.25, -0.2) is 19.4 Å². The number of nitrogens with one attached hydrogen (secondary N) is 1. The van der Waals surface area contributed by atoms with Crippen LogP contribution >= 0.6 is 0 Å². The number of hydrogen-bond acceptors (Lipinski definition) is 12. The number of rotatable bonds is 14. The molecule has 0 radical (unpaired) electrons. The highest BCUT2D eigenvalue weighted by atomic mass is 16.6. The molecule has 0 spiro atoms. The number of pyridine rings is 1. The van der Waals surface area contributed by atoms with Crippen LogP contribution in [0.15, 0.2) is 18.2 Å². The highest BCUT2D eigenvalue weighted by molar-refractivity contribution is 6.03. The maximum Gasteiger partial charge on any atom is 0.409 e. The second-order valence-electron chi connectivity index (χ2n) is 12.9. The molecule has 3 heterocycles. The number of β-amino-alcohol motifs (C(OH)–C–C–N with tert-alkyl or cyclic N) is 1. The van der Waals surface area contributed by atoms with E-state index >= 15 is 0 Å². The van der Waals surface area contributed by atoms with E-state index in [-0.39, 0.29) is 99.7 Å². The van der Waals surface area contributed by atoms with Crippen molar-refractivity contribution in [2.24, 2.45) is 0 Å². The smallest absolute Gasteiger partial charge is 0.409 e. The number of aliphatic hydroxyl groups excluding tert-OH is 1. The zero-order chi connectivity index (χ0) is 37.7. The first-order valence-corrected chi connectivity index (χ1v) is 17.2. The Morgan fingerprint density at radius 3 is 2.25 bits per heavy atom. The van der Waals surface area contributed by atoms with Gasteiger partial charge in [0, 0.05) is 56.6 Å². The van der Waals surface area contributed by atoms with E-state index in [0.29, 0.717) is 12.1 Å². The van der Waals surface area contributed by atoms with Crippen LogP contribution < -0.4 is 19.7 Å². The van der Waals surface area contributed by atoms with E-state index in [1.807, 2.05) is 0 Å². The molecule has 3 fully saturated rings. The number of anilines is 1. The number of aliphatic carboxylic acids is 3. The van der Waals surface area contributed by atoms with Gasteiger partial charge in [0.15, 0.2) is 17.2 Å². The molecule has 3 unspecified atom stereocenters. The Morgan fingerprint density at radius 2 is 1.67 bits per heavy atom. The largest absolute Gasteiger partial charge is 0.488 e. The van der Waals surface area contributed by atoms with E-state index in [1.54, 1.807) is 26.0 Å². The number of carboxylic acid groups (broad SMARTS) is 3. The quantitative estimate of drug-likeness (QED) is 0.184. The van der Waals surface area contributed by atoms with Crippen molar-refractivity contribution in [3.05, 3.63) is 23.9 Å². The minimum absolute atomic E-state index is 0.0000559. The molecule has 5 N–H and O–H groups in total. The Balaban J connectivity index is 1.54. The molecule has 1 aliphatic carbocycles. The van der Waals surface area contributed by atoms with Crippen LogP contribution in [0.2, 0.25) is 0 Å². The van der Waals surface area contributed by atoms with Gasteiger partial charge in [-0.05, 0) is 57.7 Å². The number of nitrogens with zero attached hydrogens (tertiary/aromatic N) is 4. The number of aromatic nitrogens is 1. The molecule has 0 bridgehead atoms. The van der Waals surface area contributed by atoms with Gasteiger partial charge < -0.3 is 54.7 Å². The highest BCUT2D eigenvalue weighted by Crippen LogP contribution is 2.45. The predicted octanol–water partition coefficient (Wildman–Crippen LogP) is 1.31. The number of piperazine rings is 1. The van der Waals surface area contributed by atoms with Crippen molar-refractivity contribution in [2.45, 2.75) is 76.2 Å². The summed E-state index contributed by atoms with van der Waals surface area (Å²) >= 11 is 0. The Morgan fingerprint density at radius 1 is 0.981 bits per heavy atom. The number of aliphatic hydroxyl groups is 1. The van der Waals surface area contributed by atoms with Gasteiger partial charge in [0.05, 0.1) is 24.8 Å². The van der Waals surface area contributed by atoms with Crippen molar-refractivity contribution < 1.29 is 63.4 Å². The lowest BCUT2D eigenvalue weighted by atomic mass is 9.80. The standard InChI is InChI=1S/C34H43N5O13/c1-3-50-28-26(29(43)36-22(8-9-25(41)42)30(44)37-12-14-38(15-13-37)33(49)51-4-2)35-23-16-19(39-18-20(40)17-24(39)31(45)46)6-7-21(23)27(28)52-34(32(47)48)10-5-11-34/h6-7,16,20,22,24,40H,3-5,8-15,17-18H2,1-2H3,(H,36,43)(H,41,42)(H,45,46)(H,47,48). The Hall–Kier alpha value is -5.39. The van der Waals surface area contributed by atoms with E-state index in [9.17, 15) is 49.2 Å². The summed E-state index contributed by atoms with van der Waals surface area (Å²) in [6.45, 7) is 4.05. The number of carbonyl (C=O) groups excluding carboxylic acids is 3. The van der Waals surface area contributed by atoms with Gasteiger partial charge in [0.1, 0.15) is 12.1 Å². The zero-order valence-electron chi connectivity index (χ0n) is 28.9. The van der Waals surface area contributed by atoms with Crippen LogP contribution in [-0.2, 0) is 23.9 Å². The van der Waals surface area contributed by atoms with E-state index in [2.05, 4.69) is 10.3 Å². The summed E-state index contributed by atoms with van der Waals surface area (Å²) in [5.41, 5.74) is -1.53. The van der Waals surface area contributed by atoms with Gasteiger partial charge in [0.2, 0.25) is 11.5 Å². The third-order valence-electron chi connectivity index (χ3n) is 9.50. The van der Waals surface area contributed by atoms with Crippen LogP contribution in [0.5, 0.6) is 11.5 Å². The van der Waals surface area contributed by atoms with Crippen LogP contribution in [0, 0.1) is 0 Å². The first kappa shape index (κ1) is 37.9. The minimum Gasteiger partial charge on any atom is -0.488 e. The number of carbonyl (C=O) groups is 6. The molecule has 5 rings (SSSR count). The molecule has 3 atom stereocenters. The van der Waals surface area contributed by atoms with E-state index < -0.39 is 66.0 Å². The van der Waals surface area contributed by atoms with Crippen molar-refractivity contribution in [3.63, 3.8) is 0 Å². The van der Waals surface area contributed by atoms with Crippen molar-refractivity contribution in [1.82, 2.24) is 20.1 Å². The molecule has 1 aromatic heterocycles. The number of carboxylic acids is 3. The topological polar surface area (TPSA) is 246 Å². The van der Waals surface area contributed by atoms with Crippen LogP contribution in [0.25, 0.3) is 10.9 Å². The fourth-order valence-electron chi connectivity index (χ4n) is 6.60.